The van der Waals surface area contributed by atoms with Gasteiger partial charge in [-0.1, -0.05) is 104 Å². The molecule has 0 aliphatic heterocycles. The molecule has 6 aromatic rings. The van der Waals surface area contributed by atoms with Crippen molar-refractivity contribution < 1.29 is 19.1 Å². The van der Waals surface area contributed by atoms with Gasteiger partial charge in [-0.3, -0.25) is 14.4 Å². The summed E-state index contributed by atoms with van der Waals surface area (Å²) >= 11 is 2.90. The molecule has 2 atom stereocenters. The highest BCUT2D eigenvalue weighted by atomic mass is 32.2. The monoisotopic (exact) mass is 802 g/mol. The van der Waals surface area contributed by atoms with Crippen LogP contribution >= 0.6 is 23.1 Å². The Morgan fingerprint density at radius 2 is 1.59 bits per heavy atom. The highest BCUT2D eigenvalue weighted by Crippen LogP contribution is 2.42. The standard InChI is InChI=1S/C48H42N4O4S2/c1-2-43(47(55)52-48-41(30-49)40-26-23-36(28-44(40)58-48)34-15-8-4-9-16-34)57-39-20-12-19-37(29-39)50-46(54)42(51-45(53)35-17-10-5-11-18-35)27-32-21-24-38(25-22-32)56-31-33-13-6-3-7-14-33/h3-22,24-25,27,29,36,43H,2,23,26,28,31H2,1H3,(H,50,54)(H,51,53)(H,52,55)/b42-27-. The van der Waals surface area contributed by atoms with Crippen LogP contribution in [0.25, 0.3) is 6.08 Å². The average Bonchev–Trinajstić information content (AvgIpc) is 3.62. The average molecular weight is 803 g/mol. The molecule has 8 nitrogen and oxygen atoms in total. The van der Waals surface area contributed by atoms with Gasteiger partial charge in [0.05, 0.1) is 10.8 Å². The lowest BCUT2D eigenvalue weighted by Crippen LogP contribution is -2.30. The van der Waals surface area contributed by atoms with Crippen molar-refractivity contribution in [2.45, 2.75) is 55.3 Å². The second kappa shape index (κ2) is 19.2. The van der Waals surface area contributed by atoms with Gasteiger partial charge < -0.3 is 20.7 Å². The molecule has 0 fully saturated rings. The van der Waals surface area contributed by atoms with Crippen LogP contribution in [-0.4, -0.2) is 23.0 Å². The Morgan fingerprint density at radius 1 is 0.879 bits per heavy atom. The molecule has 0 saturated heterocycles. The Morgan fingerprint density at radius 3 is 2.29 bits per heavy atom. The predicted octanol–water partition coefficient (Wildman–Crippen LogP) is 10.4. The quantitative estimate of drug-likeness (QED) is 0.0745. The van der Waals surface area contributed by atoms with E-state index in [2.05, 4.69) is 46.3 Å². The van der Waals surface area contributed by atoms with Crippen molar-refractivity contribution in [1.29, 1.82) is 5.26 Å². The lowest BCUT2D eigenvalue weighted by atomic mass is 9.83. The van der Waals surface area contributed by atoms with E-state index in [0.717, 1.165) is 40.2 Å². The number of carbonyl (C=O) groups excluding carboxylic acids is 3. The van der Waals surface area contributed by atoms with Crippen LogP contribution in [0.15, 0.2) is 150 Å². The number of thioether (sulfide) groups is 1. The van der Waals surface area contributed by atoms with Crippen molar-refractivity contribution in [3.8, 4) is 11.8 Å². The fourth-order valence-corrected chi connectivity index (χ4v) is 9.13. The van der Waals surface area contributed by atoms with Gasteiger partial charge in [0.2, 0.25) is 5.91 Å². The Hall–Kier alpha value is -6.41. The first kappa shape index (κ1) is 39.8. The number of rotatable bonds is 14. The lowest BCUT2D eigenvalue weighted by Gasteiger charge is -2.22. The van der Waals surface area contributed by atoms with Gasteiger partial charge in [0, 0.05) is 21.0 Å². The van der Waals surface area contributed by atoms with E-state index in [-0.39, 0.29) is 11.6 Å². The number of nitrogens with one attached hydrogen (secondary N) is 3. The Kier molecular flexibility index (Phi) is 13.1. The van der Waals surface area contributed by atoms with Crippen LogP contribution in [0.3, 0.4) is 0 Å². The summed E-state index contributed by atoms with van der Waals surface area (Å²) in [6.07, 6.45) is 4.78. The van der Waals surface area contributed by atoms with E-state index in [1.165, 1.54) is 28.7 Å². The molecule has 0 bridgehead atoms. The Balaban J connectivity index is 1.03. The Bertz CT molecular complexity index is 2440. The highest BCUT2D eigenvalue weighted by Gasteiger charge is 2.29. The zero-order chi connectivity index (χ0) is 40.3. The molecule has 1 aromatic heterocycles. The van der Waals surface area contributed by atoms with Gasteiger partial charge in [-0.2, -0.15) is 5.26 Å². The maximum absolute atomic E-state index is 13.8. The van der Waals surface area contributed by atoms with Gasteiger partial charge in [0.1, 0.15) is 29.1 Å². The van der Waals surface area contributed by atoms with Crippen LogP contribution < -0.4 is 20.7 Å². The number of ether oxygens (including phenoxy) is 1. The predicted molar refractivity (Wildman–Crippen MR) is 233 cm³/mol. The smallest absolute Gasteiger partial charge is 0.272 e. The third-order valence-electron chi connectivity index (χ3n) is 9.89. The van der Waals surface area contributed by atoms with Gasteiger partial charge in [-0.25, -0.2) is 0 Å². The summed E-state index contributed by atoms with van der Waals surface area (Å²) in [5.41, 5.74) is 5.62. The summed E-state index contributed by atoms with van der Waals surface area (Å²) in [5, 5.41) is 19.1. The van der Waals surface area contributed by atoms with Crippen molar-refractivity contribution in [2.24, 2.45) is 0 Å². The zero-order valence-electron chi connectivity index (χ0n) is 31.9. The number of hydrogen-bond acceptors (Lipinski definition) is 7. The minimum atomic E-state index is -0.513. The number of anilines is 2. The Labute approximate surface area is 347 Å². The summed E-state index contributed by atoms with van der Waals surface area (Å²) < 4.78 is 5.93. The molecule has 10 heteroatoms. The fourth-order valence-electron chi connectivity index (χ4n) is 6.84. The van der Waals surface area contributed by atoms with E-state index in [0.29, 0.717) is 52.1 Å². The minimum absolute atomic E-state index is 0.0534. The summed E-state index contributed by atoms with van der Waals surface area (Å²) in [7, 11) is 0. The fraction of sp³-hybridized carbons (Fsp3) is 0.167. The summed E-state index contributed by atoms with van der Waals surface area (Å²) in [4.78, 5) is 42.7. The summed E-state index contributed by atoms with van der Waals surface area (Å²) in [6.45, 7) is 2.37. The molecule has 290 valence electrons. The third-order valence-corrected chi connectivity index (χ3v) is 12.4. The van der Waals surface area contributed by atoms with E-state index in [9.17, 15) is 19.6 Å². The van der Waals surface area contributed by atoms with Crippen LogP contribution in [0.1, 0.15) is 68.7 Å². The van der Waals surface area contributed by atoms with Crippen LogP contribution in [-0.2, 0) is 29.0 Å². The zero-order valence-corrected chi connectivity index (χ0v) is 33.6. The molecule has 3 N–H and O–H groups in total. The van der Waals surface area contributed by atoms with Crippen molar-refractivity contribution in [3.05, 3.63) is 183 Å². The van der Waals surface area contributed by atoms with Crippen molar-refractivity contribution in [2.75, 3.05) is 10.6 Å². The van der Waals surface area contributed by atoms with Gasteiger partial charge in [-0.05, 0) is 102 Å². The highest BCUT2D eigenvalue weighted by molar-refractivity contribution is 8.00. The number of nitrogens with zero attached hydrogens (tertiary/aromatic N) is 1. The first-order chi connectivity index (χ1) is 28.4. The first-order valence-corrected chi connectivity index (χ1v) is 20.9. The lowest BCUT2D eigenvalue weighted by molar-refractivity contribution is -0.116. The molecule has 0 spiro atoms. The number of fused-ring (bicyclic) bond motifs is 1. The third kappa shape index (κ3) is 10.1. The molecular weight excluding hydrogens is 761 g/mol. The first-order valence-electron chi connectivity index (χ1n) is 19.2. The molecule has 5 aromatic carbocycles. The van der Waals surface area contributed by atoms with E-state index < -0.39 is 17.1 Å². The second-order valence-electron chi connectivity index (χ2n) is 13.9. The maximum atomic E-state index is 13.8. The SMILES string of the molecule is CCC(Sc1cccc(NC(=O)/C(=C/c2ccc(OCc3ccccc3)cc2)NC(=O)c2ccccc2)c1)C(=O)Nc1sc2c(c1C#N)CCC(c1ccccc1)C2. The van der Waals surface area contributed by atoms with E-state index in [4.69, 9.17) is 4.74 Å². The van der Waals surface area contributed by atoms with E-state index >= 15 is 0 Å². The van der Waals surface area contributed by atoms with Crippen molar-refractivity contribution in [3.63, 3.8) is 0 Å². The van der Waals surface area contributed by atoms with Crippen LogP contribution in [0, 0.1) is 11.3 Å². The summed E-state index contributed by atoms with van der Waals surface area (Å²) in [6, 6.07) is 45.9. The van der Waals surface area contributed by atoms with Crippen molar-refractivity contribution in [1.82, 2.24) is 5.32 Å². The van der Waals surface area contributed by atoms with E-state index in [1.54, 1.807) is 36.4 Å². The maximum Gasteiger partial charge on any atom is 0.272 e. The molecule has 2 unspecified atom stereocenters. The minimum Gasteiger partial charge on any atom is -0.489 e. The molecule has 1 aliphatic carbocycles. The van der Waals surface area contributed by atoms with Crippen LogP contribution in [0.4, 0.5) is 10.7 Å². The molecule has 1 aliphatic rings. The molecule has 58 heavy (non-hydrogen) atoms. The van der Waals surface area contributed by atoms with Gasteiger partial charge in [-0.15, -0.1) is 23.1 Å². The molecular formula is C48H42N4O4S2. The summed E-state index contributed by atoms with van der Waals surface area (Å²) in [5.74, 6) is -0.0561. The largest absolute Gasteiger partial charge is 0.489 e. The second-order valence-corrected chi connectivity index (χ2v) is 16.3. The number of thiophene rings is 1. The number of hydrogen-bond donors (Lipinski definition) is 3. The van der Waals surface area contributed by atoms with Gasteiger partial charge >= 0.3 is 0 Å². The van der Waals surface area contributed by atoms with Crippen LogP contribution in [0.2, 0.25) is 0 Å². The molecule has 0 saturated carbocycles. The number of carbonyl (C=O) groups is 3. The topological polar surface area (TPSA) is 120 Å². The van der Waals surface area contributed by atoms with Crippen molar-refractivity contribution >= 4 is 57.6 Å². The number of benzene rings is 5. The van der Waals surface area contributed by atoms with Gasteiger partial charge in [0.25, 0.3) is 11.8 Å². The van der Waals surface area contributed by atoms with Crippen LogP contribution in [0.5, 0.6) is 5.75 Å². The van der Waals surface area contributed by atoms with E-state index in [1.807, 2.05) is 91.9 Å². The molecule has 1 heterocycles. The molecule has 7 rings (SSSR count). The molecule has 3 amide bonds. The number of amides is 3. The normalized spacial score (nSPS) is 14.0. The van der Waals surface area contributed by atoms with Gasteiger partial charge in [0.15, 0.2) is 0 Å². The number of nitriles is 1. The molecule has 0 radical (unpaired) electrons.